The van der Waals surface area contributed by atoms with Gasteiger partial charge in [0.1, 0.15) is 5.69 Å². The molecule has 3 aromatic rings. The van der Waals surface area contributed by atoms with Gasteiger partial charge in [0.15, 0.2) is 0 Å². The molecule has 0 saturated carbocycles. The summed E-state index contributed by atoms with van der Waals surface area (Å²) >= 11 is 0. The first kappa shape index (κ1) is 12.2. The third-order valence-electron chi connectivity index (χ3n) is 3.05. The fourth-order valence-corrected chi connectivity index (χ4v) is 2.03. The van der Waals surface area contributed by atoms with Gasteiger partial charge in [-0.05, 0) is 42.5 Å². The van der Waals surface area contributed by atoms with E-state index in [9.17, 15) is 4.79 Å². The summed E-state index contributed by atoms with van der Waals surface area (Å²) < 4.78 is 1.64. The highest BCUT2D eigenvalue weighted by atomic mass is 16.1. The average molecular weight is 263 g/mol. The lowest BCUT2D eigenvalue weighted by atomic mass is 10.1. The lowest BCUT2D eigenvalue weighted by Crippen LogP contribution is -2.10. The van der Waals surface area contributed by atoms with Crippen molar-refractivity contribution in [2.75, 3.05) is 5.73 Å². The molecule has 0 aliphatic heterocycles. The SMILES string of the molecule is Nc1ccc(C(=O)c2ccnn2-c2ccccc2)cc1. The average Bonchev–Trinajstić information content (AvgIpc) is 2.97. The van der Waals surface area contributed by atoms with Gasteiger partial charge in [-0.15, -0.1) is 0 Å². The van der Waals surface area contributed by atoms with Gasteiger partial charge in [-0.3, -0.25) is 4.79 Å². The molecule has 0 aliphatic rings. The first-order chi connectivity index (χ1) is 9.75. The zero-order valence-electron chi connectivity index (χ0n) is 10.7. The van der Waals surface area contributed by atoms with Crippen LogP contribution in [0.5, 0.6) is 0 Å². The monoisotopic (exact) mass is 263 g/mol. The number of nitrogens with zero attached hydrogens (tertiary/aromatic N) is 2. The lowest BCUT2D eigenvalue weighted by Gasteiger charge is -2.06. The number of aromatic nitrogens is 2. The molecular formula is C16H13N3O. The molecule has 0 saturated heterocycles. The number of anilines is 1. The Balaban J connectivity index is 2.02. The summed E-state index contributed by atoms with van der Waals surface area (Å²) in [5, 5.41) is 4.22. The molecule has 0 aliphatic carbocycles. The number of para-hydroxylation sites is 1. The van der Waals surface area contributed by atoms with Gasteiger partial charge in [-0.1, -0.05) is 18.2 Å². The van der Waals surface area contributed by atoms with Gasteiger partial charge < -0.3 is 5.73 Å². The van der Waals surface area contributed by atoms with E-state index in [0.717, 1.165) is 5.69 Å². The standard InChI is InChI=1S/C16H13N3O/c17-13-8-6-12(7-9-13)16(20)15-10-11-18-19(15)14-4-2-1-3-5-14/h1-11H,17H2. The van der Waals surface area contributed by atoms with E-state index in [1.54, 1.807) is 41.2 Å². The van der Waals surface area contributed by atoms with E-state index in [1.807, 2.05) is 30.3 Å². The highest BCUT2D eigenvalue weighted by Gasteiger charge is 2.15. The van der Waals surface area contributed by atoms with Crippen molar-refractivity contribution < 1.29 is 4.79 Å². The molecule has 4 heteroatoms. The van der Waals surface area contributed by atoms with E-state index in [1.165, 1.54) is 0 Å². The van der Waals surface area contributed by atoms with E-state index in [2.05, 4.69) is 5.10 Å². The first-order valence-corrected chi connectivity index (χ1v) is 6.25. The number of hydrogen-bond acceptors (Lipinski definition) is 3. The Morgan fingerprint density at radius 2 is 1.65 bits per heavy atom. The normalized spacial score (nSPS) is 10.4. The van der Waals surface area contributed by atoms with Crippen LogP contribution in [0.2, 0.25) is 0 Å². The Kier molecular flexibility index (Phi) is 3.05. The maximum atomic E-state index is 12.5. The van der Waals surface area contributed by atoms with Gasteiger partial charge in [0.25, 0.3) is 0 Å². The van der Waals surface area contributed by atoms with Crippen LogP contribution >= 0.6 is 0 Å². The minimum absolute atomic E-state index is 0.0775. The second-order valence-electron chi connectivity index (χ2n) is 4.41. The number of hydrogen-bond donors (Lipinski definition) is 1. The summed E-state index contributed by atoms with van der Waals surface area (Å²) in [6.07, 6.45) is 1.62. The third-order valence-corrected chi connectivity index (χ3v) is 3.05. The van der Waals surface area contributed by atoms with Crippen molar-refractivity contribution in [3.05, 3.63) is 78.1 Å². The van der Waals surface area contributed by atoms with Crippen LogP contribution in [0.3, 0.4) is 0 Å². The van der Waals surface area contributed by atoms with E-state index in [0.29, 0.717) is 16.9 Å². The molecular weight excluding hydrogens is 250 g/mol. The van der Waals surface area contributed by atoms with Crippen LogP contribution in [-0.4, -0.2) is 15.6 Å². The highest BCUT2D eigenvalue weighted by molar-refractivity contribution is 6.08. The van der Waals surface area contributed by atoms with Crippen molar-refractivity contribution in [3.63, 3.8) is 0 Å². The molecule has 3 rings (SSSR count). The van der Waals surface area contributed by atoms with Crippen LogP contribution < -0.4 is 5.73 Å². The molecule has 0 bridgehead atoms. The smallest absolute Gasteiger partial charge is 0.211 e. The Morgan fingerprint density at radius 3 is 2.35 bits per heavy atom. The molecule has 98 valence electrons. The number of benzene rings is 2. The minimum Gasteiger partial charge on any atom is -0.399 e. The molecule has 0 fully saturated rings. The summed E-state index contributed by atoms with van der Waals surface area (Å²) in [7, 11) is 0. The quantitative estimate of drug-likeness (QED) is 0.583. The van der Waals surface area contributed by atoms with E-state index in [4.69, 9.17) is 5.73 Å². The van der Waals surface area contributed by atoms with Crippen molar-refractivity contribution in [1.82, 2.24) is 9.78 Å². The van der Waals surface area contributed by atoms with Crippen LogP contribution in [-0.2, 0) is 0 Å². The van der Waals surface area contributed by atoms with Crippen molar-refractivity contribution in [3.8, 4) is 5.69 Å². The Labute approximate surface area is 116 Å². The van der Waals surface area contributed by atoms with E-state index in [-0.39, 0.29) is 5.78 Å². The second kappa shape index (κ2) is 5.01. The molecule has 0 unspecified atom stereocenters. The lowest BCUT2D eigenvalue weighted by molar-refractivity contribution is 0.103. The van der Waals surface area contributed by atoms with Crippen LogP contribution in [0.4, 0.5) is 5.69 Å². The molecule has 0 atom stereocenters. The first-order valence-electron chi connectivity index (χ1n) is 6.25. The molecule has 2 aromatic carbocycles. The summed E-state index contributed by atoms with van der Waals surface area (Å²) in [4.78, 5) is 12.5. The fourth-order valence-electron chi connectivity index (χ4n) is 2.03. The van der Waals surface area contributed by atoms with Crippen LogP contribution in [0.15, 0.2) is 66.9 Å². The van der Waals surface area contributed by atoms with Gasteiger partial charge in [0.2, 0.25) is 5.78 Å². The number of nitrogens with two attached hydrogens (primary N) is 1. The van der Waals surface area contributed by atoms with Gasteiger partial charge in [0, 0.05) is 11.3 Å². The van der Waals surface area contributed by atoms with Crippen molar-refractivity contribution in [2.24, 2.45) is 0 Å². The van der Waals surface area contributed by atoms with Gasteiger partial charge in [-0.2, -0.15) is 5.10 Å². The van der Waals surface area contributed by atoms with Crippen LogP contribution in [0, 0.1) is 0 Å². The van der Waals surface area contributed by atoms with E-state index < -0.39 is 0 Å². The van der Waals surface area contributed by atoms with Gasteiger partial charge in [-0.25, -0.2) is 4.68 Å². The molecule has 4 nitrogen and oxygen atoms in total. The van der Waals surface area contributed by atoms with Crippen molar-refractivity contribution in [1.29, 1.82) is 0 Å². The zero-order chi connectivity index (χ0) is 13.9. The second-order valence-corrected chi connectivity index (χ2v) is 4.41. The van der Waals surface area contributed by atoms with Gasteiger partial charge in [0.05, 0.1) is 11.9 Å². The highest BCUT2D eigenvalue weighted by Crippen LogP contribution is 2.15. The van der Waals surface area contributed by atoms with Crippen molar-refractivity contribution >= 4 is 11.5 Å². The predicted octanol–water partition coefficient (Wildman–Crippen LogP) is 2.69. The topological polar surface area (TPSA) is 60.9 Å². The van der Waals surface area contributed by atoms with Crippen LogP contribution in [0.25, 0.3) is 5.69 Å². The Hall–Kier alpha value is -2.88. The zero-order valence-corrected chi connectivity index (χ0v) is 10.7. The predicted molar refractivity (Wildman–Crippen MR) is 77.9 cm³/mol. The molecule has 0 amide bonds. The van der Waals surface area contributed by atoms with Crippen molar-refractivity contribution in [2.45, 2.75) is 0 Å². The minimum atomic E-state index is -0.0775. The fraction of sp³-hybridized carbons (Fsp3) is 0. The summed E-state index contributed by atoms with van der Waals surface area (Å²) in [5.41, 5.74) is 8.26. The molecule has 0 radical (unpaired) electrons. The number of ketones is 1. The Morgan fingerprint density at radius 1 is 0.950 bits per heavy atom. The summed E-state index contributed by atoms with van der Waals surface area (Å²) in [6, 6.07) is 18.2. The number of carbonyl (C=O) groups is 1. The molecule has 1 aromatic heterocycles. The summed E-state index contributed by atoms with van der Waals surface area (Å²) in [6.45, 7) is 0. The number of rotatable bonds is 3. The largest absolute Gasteiger partial charge is 0.399 e. The third kappa shape index (κ3) is 2.19. The molecule has 20 heavy (non-hydrogen) atoms. The Bertz CT molecular complexity index is 730. The summed E-state index contributed by atoms with van der Waals surface area (Å²) in [5.74, 6) is -0.0775. The molecule has 1 heterocycles. The molecule has 0 spiro atoms. The maximum Gasteiger partial charge on any atom is 0.211 e. The number of nitrogen functional groups attached to an aromatic ring is 1. The van der Waals surface area contributed by atoms with Crippen LogP contribution in [0.1, 0.15) is 16.1 Å². The van der Waals surface area contributed by atoms with E-state index >= 15 is 0 Å². The molecule has 2 N–H and O–H groups in total. The maximum absolute atomic E-state index is 12.5. The number of carbonyl (C=O) groups excluding carboxylic acids is 1. The van der Waals surface area contributed by atoms with Gasteiger partial charge >= 0.3 is 0 Å².